The lowest BCUT2D eigenvalue weighted by Gasteiger charge is -2.31. The molecular formula is C15H21FN2O2. The molecule has 20 heavy (non-hydrogen) atoms. The van der Waals surface area contributed by atoms with Crippen LogP contribution in [0.15, 0.2) is 24.3 Å². The lowest BCUT2D eigenvalue weighted by Crippen LogP contribution is -2.38. The van der Waals surface area contributed by atoms with Crippen molar-refractivity contribution in [2.75, 3.05) is 31.6 Å². The fourth-order valence-electron chi connectivity index (χ4n) is 2.54. The number of carbonyl (C=O) groups excluding carboxylic acids is 1. The first-order valence-electron chi connectivity index (χ1n) is 7.06. The molecule has 1 unspecified atom stereocenters. The number of hydrogen-bond donors (Lipinski definition) is 2. The van der Waals surface area contributed by atoms with Crippen LogP contribution >= 0.6 is 0 Å². The Hall–Kier alpha value is -1.46. The number of likely N-dealkylation sites (tertiary alicyclic amines) is 1. The van der Waals surface area contributed by atoms with E-state index in [0.717, 1.165) is 25.9 Å². The first-order valence-corrected chi connectivity index (χ1v) is 7.06. The summed E-state index contributed by atoms with van der Waals surface area (Å²) in [5.74, 6) is -0.279. The summed E-state index contributed by atoms with van der Waals surface area (Å²) in [6.45, 7) is 2.65. The first-order chi connectivity index (χ1) is 9.69. The second-order valence-electron chi connectivity index (χ2n) is 5.27. The Bertz CT molecular complexity index is 453. The zero-order valence-electron chi connectivity index (χ0n) is 11.5. The highest BCUT2D eigenvalue weighted by Gasteiger charge is 2.19. The molecule has 1 aliphatic rings. The van der Waals surface area contributed by atoms with Crippen LogP contribution in [0.1, 0.15) is 19.3 Å². The topological polar surface area (TPSA) is 52.6 Å². The van der Waals surface area contributed by atoms with Crippen LogP contribution in [-0.2, 0) is 4.79 Å². The van der Waals surface area contributed by atoms with Gasteiger partial charge in [-0.2, -0.15) is 0 Å². The maximum absolute atomic E-state index is 13.4. The lowest BCUT2D eigenvalue weighted by molar-refractivity contribution is -0.116. The van der Waals surface area contributed by atoms with Gasteiger partial charge < -0.3 is 15.3 Å². The standard InChI is InChI=1S/C15H21FN2O2/c16-13-5-1-2-6-14(13)17-15(20)7-9-18-8-3-4-12(10-18)11-19/h1-2,5-6,12,19H,3-4,7-11H2,(H,17,20). The number of piperidine rings is 1. The molecule has 1 amide bonds. The number of amides is 1. The van der Waals surface area contributed by atoms with Gasteiger partial charge in [-0.15, -0.1) is 0 Å². The van der Waals surface area contributed by atoms with Crippen LogP contribution < -0.4 is 5.32 Å². The summed E-state index contributed by atoms with van der Waals surface area (Å²) in [7, 11) is 0. The van der Waals surface area contributed by atoms with Crippen molar-refractivity contribution in [3.05, 3.63) is 30.1 Å². The Morgan fingerprint density at radius 1 is 1.45 bits per heavy atom. The average Bonchev–Trinajstić information content (AvgIpc) is 2.48. The molecule has 2 rings (SSSR count). The predicted octanol–water partition coefficient (Wildman–Crippen LogP) is 1.86. The third kappa shape index (κ3) is 4.28. The number of hydrogen-bond acceptors (Lipinski definition) is 3. The zero-order chi connectivity index (χ0) is 14.4. The second-order valence-corrected chi connectivity index (χ2v) is 5.27. The van der Waals surface area contributed by atoms with Gasteiger partial charge in [-0.25, -0.2) is 4.39 Å². The summed E-state index contributed by atoms with van der Waals surface area (Å²) in [4.78, 5) is 14.0. The van der Waals surface area contributed by atoms with Crippen molar-refractivity contribution in [2.45, 2.75) is 19.3 Å². The van der Waals surface area contributed by atoms with E-state index < -0.39 is 5.82 Å². The molecule has 1 fully saturated rings. The highest BCUT2D eigenvalue weighted by molar-refractivity contribution is 5.90. The van der Waals surface area contributed by atoms with E-state index in [4.69, 9.17) is 5.11 Å². The molecule has 0 aromatic heterocycles. The maximum atomic E-state index is 13.4. The SMILES string of the molecule is O=C(CCN1CCCC(CO)C1)Nc1ccccc1F. The molecule has 1 aromatic rings. The molecule has 1 saturated heterocycles. The average molecular weight is 280 g/mol. The minimum atomic E-state index is -0.417. The molecule has 2 N–H and O–H groups in total. The normalized spacial score (nSPS) is 19.8. The van der Waals surface area contributed by atoms with Gasteiger partial charge in [0.2, 0.25) is 5.91 Å². The van der Waals surface area contributed by atoms with Crippen LogP contribution in [0.25, 0.3) is 0 Å². The molecule has 5 heteroatoms. The van der Waals surface area contributed by atoms with E-state index in [1.807, 2.05) is 0 Å². The highest BCUT2D eigenvalue weighted by atomic mass is 19.1. The van der Waals surface area contributed by atoms with Gasteiger partial charge in [0.25, 0.3) is 0 Å². The van der Waals surface area contributed by atoms with Crippen LogP contribution in [0, 0.1) is 11.7 Å². The molecule has 0 aliphatic carbocycles. The van der Waals surface area contributed by atoms with E-state index in [1.165, 1.54) is 6.07 Å². The fraction of sp³-hybridized carbons (Fsp3) is 0.533. The third-order valence-corrected chi connectivity index (χ3v) is 3.66. The molecular weight excluding hydrogens is 259 g/mol. The van der Waals surface area contributed by atoms with E-state index in [0.29, 0.717) is 18.9 Å². The van der Waals surface area contributed by atoms with E-state index in [9.17, 15) is 9.18 Å². The molecule has 1 aromatic carbocycles. The number of para-hydroxylation sites is 1. The monoisotopic (exact) mass is 280 g/mol. The van der Waals surface area contributed by atoms with Crippen molar-refractivity contribution < 1.29 is 14.3 Å². The quantitative estimate of drug-likeness (QED) is 0.865. The number of nitrogens with one attached hydrogen (secondary N) is 1. The Balaban J connectivity index is 1.76. The van der Waals surface area contributed by atoms with Crippen molar-refractivity contribution >= 4 is 11.6 Å². The summed E-state index contributed by atoms with van der Waals surface area (Å²) in [5, 5.41) is 11.7. The number of nitrogens with zero attached hydrogens (tertiary/aromatic N) is 1. The van der Waals surface area contributed by atoms with E-state index >= 15 is 0 Å². The van der Waals surface area contributed by atoms with Crippen molar-refractivity contribution in [1.82, 2.24) is 4.90 Å². The lowest BCUT2D eigenvalue weighted by atomic mass is 9.99. The second kappa shape index (κ2) is 7.36. The number of anilines is 1. The van der Waals surface area contributed by atoms with Gasteiger partial charge in [0, 0.05) is 26.1 Å². The number of aliphatic hydroxyl groups excluding tert-OH is 1. The van der Waals surface area contributed by atoms with Crippen molar-refractivity contribution in [3.63, 3.8) is 0 Å². The van der Waals surface area contributed by atoms with Crippen LogP contribution in [0.5, 0.6) is 0 Å². The van der Waals surface area contributed by atoms with Gasteiger partial charge in [-0.3, -0.25) is 4.79 Å². The Morgan fingerprint density at radius 2 is 2.25 bits per heavy atom. The minimum Gasteiger partial charge on any atom is -0.396 e. The number of rotatable bonds is 5. The molecule has 0 saturated carbocycles. The summed E-state index contributed by atoms with van der Waals surface area (Å²) >= 11 is 0. The van der Waals surface area contributed by atoms with Gasteiger partial charge in [0.05, 0.1) is 5.69 Å². The number of halogens is 1. The molecule has 0 spiro atoms. The Kier molecular flexibility index (Phi) is 5.49. The number of aliphatic hydroxyl groups is 1. The third-order valence-electron chi connectivity index (χ3n) is 3.66. The Morgan fingerprint density at radius 3 is 3.00 bits per heavy atom. The highest BCUT2D eigenvalue weighted by Crippen LogP contribution is 2.16. The van der Waals surface area contributed by atoms with Crippen LogP contribution in [0.4, 0.5) is 10.1 Å². The van der Waals surface area contributed by atoms with Crippen LogP contribution in [-0.4, -0.2) is 42.2 Å². The van der Waals surface area contributed by atoms with Gasteiger partial charge in [-0.1, -0.05) is 12.1 Å². The molecule has 110 valence electrons. The van der Waals surface area contributed by atoms with Gasteiger partial charge in [0.15, 0.2) is 0 Å². The molecule has 0 radical (unpaired) electrons. The van der Waals surface area contributed by atoms with Crippen molar-refractivity contribution in [2.24, 2.45) is 5.92 Å². The first kappa shape index (κ1) is 14.9. The summed E-state index contributed by atoms with van der Waals surface area (Å²) < 4.78 is 13.4. The molecule has 1 heterocycles. The van der Waals surface area contributed by atoms with Crippen LogP contribution in [0.2, 0.25) is 0 Å². The fourth-order valence-corrected chi connectivity index (χ4v) is 2.54. The zero-order valence-corrected chi connectivity index (χ0v) is 11.5. The Labute approximate surface area is 118 Å². The molecule has 0 bridgehead atoms. The smallest absolute Gasteiger partial charge is 0.225 e. The summed E-state index contributed by atoms with van der Waals surface area (Å²) in [6.07, 6.45) is 2.45. The van der Waals surface area contributed by atoms with Gasteiger partial charge in [-0.05, 0) is 37.4 Å². The number of benzene rings is 1. The summed E-state index contributed by atoms with van der Waals surface area (Å²) in [6, 6.07) is 6.16. The van der Waals surface area contributed by atoms with Crippen molar-refractivity contribution in [3.8, 4) is 0 Å². The van der Waals surface area contributed by atoms with Gasteiger partial charge >= 0.3 is 0 Å². The molecule has 1 aliphatic heterocycles. The predicted molar refractivity (Wildman–Crippen MR) is 75.9 cm³/mol. The van der Waals surface area contributed by atoms with E-state index in [1.54, 1.807) is 18.2 Å². The molecule has 1 atom stereocenters. The summed E-state index contributed by atoms with van der Waals surface area (Å²) in [5.41, 5.74) is 0.226. The van der Waals surface area contributed by atoms with Crippen LogP contribution in [0.3, 0.4) is 0 Å². The van der Waals surface area contributed by atoms with Gasteiger partial charge in [0.1, 0.15) is 5.82 Å². The van der Waals surface area contributed by atoms with E-state index in [2.05, 4.69) is 10.2 Å². The largest absolute Gasteiger partial charge is 0.396 e. The minimum absolute atomic E-state index is 0.179. The maximum Gasteiger partial charge on any atom is 0.225 e. The molecule has 4 nitrogen and oxygen atoms in total. The number of carbonyl (C=O) groups is 1. The van der Waals surface area contributed by atoms with Crippen molar-refractivity contribution in [1.29, 1.82) is 0 Å². The van der Waals surface area contributed by atoms with E-state index in [-0.39, 0.29) is 18.2 Å².